The lowest BCUT2D eigenvalue weighted by Crippen LogP contribution is -2.17. The monoisotopic (exact) mass is 432 g/mol. The molecule has 1 heterocycles. The van der Waals surface area contributed by atoms with E-state index < -0.39 is 18.5 Å². The summed E-state index contributed by atoms with van der Waals surface area (Å²) in [5.74, 6) is -0.905. The van der Waals surface area contributed by atoms with Crippen LogP contribution >= 0.6 is 0 Å². The van der Waals surface area contributed by atoms with E-state index in [1.807, 2.05) is 36.4 Å². The molecule has 4 aromatic rings. The number of rotatable bonds is 8. The number of furan rings is 1. The second-order valence-electron chi connectivity index (χ2n) is 6.80. The number of nitrogens with zero attached hydrogens (tertiary/aromatic N) is 1. The molecule has 32 heavy (non-hydrogen) atoms. The van der Waals surface area contributed by atoms with Gasteiger partial charge in [-0.05, 0) is 42.0 Å². The smallest absolute Gasteiger partial charge is 0.341 e. The van der Waals surface area contributed by atoms with Crippen LogP contribution in [-0.4, -0.2) is 36.4 Å². The van der Waals surface area contributed by atoms with Gasteiger partial charge in [0.2, 0.25) is 0 Å². The molecule has 0 atom stereocenters. The van der Waals surface area contributed by atoms with Crippen molar-refractivity contribution in [2.45, 2.75) is 6.92 Å². The number of carboxylic acid groups (broad SMARTS) is 1. The fourth-order valence-electron chi connectivity index (χ4n) is 3.31. The maximum absolute atomic E-state index is 12.6. The first-order valence-electron chi connectivity index (χ1n) is 9.92. The number of nitrogens with one attached hydrogen (secondary N) is 1. The van der Waals surface area contributed by atoms with Gasteiger partial charge >= 0.3 is 11.9 Å². The van der Waals surface area contributed by atoms with Crippen LogP contribution in [0.15, 0.2) is 70.2 Å². The van der Waals surface area contributed by atoms with Gasteiger partial charge in [0.05, 0.1) is 12.8 Å². The minimum Gasteiger partial charge on any atom is -0.490 e. The number of benzene rings is 3. The Hall–Kier alpha value is -4.33. The standard InChI is InChI=1S/C24H20N2O6/c1-2-30-20-9-5-7-16(23(20)31-14-22(27)28)13-25-26-24(29)21-12-18-17-8-4-3-6-15(17)10-11-19(18)32-21/h3-13H,2,14H2,1H3,(H,26,29)(H,27,28). The van der Waals surface area contributed by atoms with Gasteiger partial charge in [0.1, 0.15) is 5.58 Å². The highest BCUT2D eigenvalue weighted by molar-refractivity contribution is 6.08. The number of hydrogen-bond donors (Lipinski definition) is 2. The Kier molecular flexibility index (Phi) is 6.03. The van der Waals surface area contributed by atoms with Crippen LogP contribution in [0.2, 0.25) is 0 Å². The zero-order valence-corrected chi connectivity index (χ0v) is 17.2. The number of ether oxygens (including phenoxy) is 2. The Bertz CT molecular complexity index is 1320. The number of hydrogen-bond acceptors (Lipinski definition) is 6. The minimum absolute atomic E-state index is 0.124. The molecule has 3 aromatic carbocycles. The van der Waals surface area contributed by atoms with Gasteiger partial charge in [-0.15, -0.1) is 0 Å². The molecule has 8 heteroatoms. The van der Waals surface area contributed by atoms with Crippen molar-refractivity contribution < 1.29 is 28.6 Å². The predicted molar refractivity (Wildman–Crippen MR) is 120 cm³/mol. The highest BCUT2D eigenvalue weighted by atomic mass is 16.5. The average molecular weight is 432 g/mol. The van der Waals surface area contributed by atoms with Gasteiger partial charge < -0.3 is 19.0 Å². The van der Waals surface area contributed by atoms with Crippen molar-refractivity contribution in [2.75, 3.05) is 13.2 Å². The van der Waals surface area contributed by atoms with Gasteiger partial charge in [-0.1, -0.05) is 36.4 Å². The Labute approximate surface area is 183 Å². The van der Waals surface area contributed by atoms with Crippen molar-refractivity contribution in [2.24, 2.45) is 5.10 Å². The predicted octanol–water partition coefficient (Wildman–Crippen LogP) is 4.21. The lowest BCUT2D eigenvalue weighted by atomic mass is 10.1. The highest BCUT2D eigenvalue weighted by Gasteiger charge is 2.14. The molecule has 8 nitrogen and oxygen atoms in total. The summed E-state index contributed by atoms with van der Waals surface area (Å²) in [6.45, 7) is 1.64. The maximum Gasteiger partial charge on any atom is 0.341 e. The summed E-state index contributed by atoms with van der Waals surface area (Å²) in [5.41, 5.74) is 3.48. The Balaban J connectivity index is 1.55. The zero-order valence-electron chi connectivity index (χ0n) is 17.2. The molecule has 0 aliphatic heterocycles. The Morgan fingerprint density at radius 3 is 2.72 bits per heavy atom. The summed E-state index contributed by atoms with van der Waals surface area (Å²) >= 11 is 0. The first-order valence-corrected chi connectivity index (χ1v) is 9.92. The number of carboxylic acids is 1. The van der Waals surface area contributed by atoms with Gasteiger partial charge in [-0.3, -0.25) is 4.79 Å². The molecule has 0 spiro atoms. The molecular weight excluding hydrogens is 412 g/mol. The first-order chi connectivity index (χ1) is 15.6. The first kappa shape index (κ1) is 20.9. The van der Waals surface area contributed by atoms with Gasteiger partial charge in [0, 0.05) is 10.9 Å². The topological polar surface area (TPSA) is 110 Å². The van der Waals surface area contributed by atoms with Crippen molar-refractivity contribution >= 4 is 39.8 Å². The lowest BCUT2D eigenvalue weighted by molar-refractivity contribution is -0.139. The van der Waals surface area contributed by atoms with E-state index >= 15 is 0 Å². The molecule has 4 rings (SSSR count). The summed E-state index contributed by atoms with van der Waals surface area (Å²) in [5, 5.41) is 15.8. The summed E-state index contributed by atoms with van der Waals surface area (Å²) in [4.78, 5) is 23.5. The van der Waals surface area contributed by atoms with Gasteiger partial charge in [-0.25, -0.2) is 10.2 Å². The molecule has 0 unspecified atom stereocenters. The van der Waals surface area contributed by atoms with Crippen molar-refractivity contribution in [3.63, 3.8) is 0 Å². The second-order valence-corrected chi connectivity index (χ2v) is 6.80. The third-order valence-electron chi connectivity index (χ3n) is 4.67. The average Bonchev–Trinajstić information content (AvgIpc) is 3.24. The molecule has 0 saturated carbocycles. The number of carbonyl (C=O) groups excluding carboxylic acids is 1. The Morgan fingerprint density at radius 1 is 1.06 bits per heavy atom. The van der Waals surface area contributed by atoms with Crippen molar-refractivity contribution in [1.29, 1.82) is 0 Å². The molecule has 1 aromatic heterocycles. The molecule has 0 aliphatic carbocycles. The Morgan fingerprint density at radius 2 is 1.91 bits per heavy atom. The van der Waals surface area contributed by atoms with Gasteiger partial charge in [0.25, 0.3) is 0 Å². The third kappa shape index (κ3) is 4.39. The summed E-state index contributed by atoms with van der Waals surface area (Å²) in [6.07, 6.45) is 1.36. The SMILES string of the molecule is CCOc1cccc(C=NNC(=O)c2cc3c(ccc4ccccc43)o2)c1OCC(=O)O. The van der Waals surface area contributed by atoms with Crippen LogP contribution in [0.4, 0.5) is 0 Å². The van der Waals surface area contributed by atoms with E-state index in [-0.39, 0.29) is 11.5 Å². The van der Waals surface area contributed by atoms with E-state index in [1.165, 1.54) is 6.21 Å². The fraction of sp³-hybridized carbons (Fsp3) is 0.125. The maximum atomic E-state index is 12.6. The minimum atomic E-state index is -1.12. The molecule has 2 N–H and O–H groups in total. The number of amides is 1. The van der Waals surface area contributed by atoms with E-state index in [9.17, 15) is 9.59 Å². The summed E-state index contributed by atoms with van der Waals surface area (Å²) in [7, 11) is 0. The van der Waals surface area contributed by atoms with E-state index in [1.54, 1.807) is 31.2 Å². The van der Waals surface area contributed by atoms with Crippen molar-refractivity contribution in [3.8, 4) is 11.5 Å². The van der Waals surface area contributed by atoms with Crippen LogP contribution < -0.4 is 14.9 Å². The van der Waals surface area contributed by atoms with Crippen LogP contribution in [0, 0.1) is 0 Å². The van der Waals surface area contributed by atoms with Gasteiger partial charge in [-0.2, -0.15) is 5.10 Å². The number of hydrazone groups is 1. The summed E-state index contributed by atoms with van der Waals surface area (Å²) < 4.78 is 16.5. The molecule has 0 fully saturated rings. The van der Waals surface area contributed by atoms with E-state index in [0.29, 0.717) is 23.5 Å². The van der Waals surface area contributed by atoms with Crippen LogP contribution in [0.3, 0.4) is 0 Å². The zero-order chi connectivity index (χ0) is 22.5. The molecule has 1 amide bonds. The number of fused-ring (bicyclic) bond motifs is 3. The number of aliphatic carboxylic acids is 1. The van der Waals surface area contributed by atoms with Crippen molar-refractivity contribution in [1.82, 2.24) is 5.43 Å². The third-order valence-corrected chi connectivity index (χ3v) is 4.67. The van der Waals surface area contributed by atoms with Crippen LogP contribution in [0.1, 0.15) is 23.0 Å². The van der Waals surface area contributed by atoms with E-state index in [4.69, 9.17) is 19.0 Å². The van der Waals surface area contributed by atoms with Crippen molar-refractivity contribution in [3.05, 3.63) is 72.0 Å². The van der Waals surface area contributed by atoms with Crippen LogP contribution in [0.25, 0.3) is 21.7 Å². The molecule has 162 valence electrons. The lowest BCUT2D eigenvalue weighted by Gasteiger charge is -2.12. The van der Waals surface area contributed by atoms with Gasteiger partial charge in [0.15, 0.2) is 23.9 Å². The summed E-state index contributed by atoms with van der Waals surface area (Å²) in [6, 6.07) is 18.3. The molecule has 0 radical (unpaired) electrons. The van der Waals surface area contributed by atoms with E-state index in [0.717, 1.165) is 16.2 Å². The number of carbonyl (C=O) groups is 2. The molecule has 0 bridgehead atoms. The number of para-hydroxylation sites is 1. The van der Waals surface area contributed by atoms with E-state index in [2.05, 4.69) is 10.5 Å². The molecular formula is C24H20N2O6. The largest absolute Gasteiger partial charge is 0.490 e. The second kappa shape index (κ2) is 9.22. The molecule has 0 aliphatic rings. The normalized spacial score (nSPS) is 11.2. The van der Waals surface area contributed by atoms with Crippen LogP contribution in [0.5, 0.6) is 11.5 Å². The molecule has 0 saturated heterocycles. The fourth-order valence-corrected chi connectivity index (χ4v) is 3.31. The quantitative estimate of drug-likeness (QED) is 0.319. The van der Waals surface area contributed by atoms with Crippen LogP contribution in [-0.2, 0) is 4.79 Å². The highest BCUT2D eigenvalue weighted by Crippen LogP contribution is 2.31.